The number of nitrogens with one attached hydrogen (secondary N) is 2. The van der Waals surface area contributed by atoms with Crippen molar-refractivity contribution >= 4 is 58.2 Å². The molecule has 0 saturated heterocycles. The van der Waals surface area contributed by atoms with Crippen LogP contribution in [-0.2, 0) is 11.3 Å². The smallest absolute Gasteiger partial charge is 0.271 e. The second kappa shape index (κ2) is 8.74. The lowest BCUT2D eigenvalue weighted by Crippen LogP contribution is -2.43. The van der Waals surface area contributed by atoms with Crippen LogP contribution in [0.3, 0.4) is 0 Å². The average molecular weight is 460 g/mol. The van der Waals surface area contributed by atoms with Crippen LogP contribution in [-0.4, -0.2) is 32.0 Å². The van der Waals surface area contributed by atoms with E-state index in [2.05, 4.69) is 26.3 Å². The lowest BCUT2D eigenvalue weighted by atomic mass is 10.2. The molecule has 0 fully saturated rings. The van der Waals surface area contributed by atoms with Gasteiger partial charge in [0.2, 0.25) is 5.82 Å². The van der Waals surface area contributed by atoms with Crippen LogP contribution >= 0.6 is 46.4 Å². The normalized spacial score (nSPS) is 10.6. The molecule has 2 amide bonds. The molecule has 144 valence electrons. The molecule has 28 heavy (non-hydrogen) atoms. The first kappa shape index (κ1) is 20.3. The Labute approximate surface area is 178 Å². The van der Waals surface area contributed by atoms with E-state index in [-0.39, 0.29) is 28.0 Å². The van der Waals surface area contributed by atoms with Crippen LogP contribution in [0.4, 0.5) is 0 Å². The molecule has 0 aliphatic rings. The SMILES string of the molecule is O=C(Cn1nnc(-c2cccc(Cl)c2Cl)n1)NNC(=O)c1ccc(Cl)cc1Cl. The van der Waals surface area contributed by atoms with Crippen LogP contribution in [0.25, 0.3) is 11.4 Å². The minimum atomic E-state index is -0.604. The number of hydrogen-bond acceptors (Lipinski definition) is 5. The number of tetrazole rings is 1. The predicted molar refractivity (Wildman–Crippen MR) is 105 cm³/mol. The summed E-state index contributed by atoms with van der Waals surface area (Å²) in [5, 5.41) is 12.9. The highest BCUT2D eigenvalue weighted by Crippen LogP contribution is 2.31. The zero-order valence-electron chi connectivity index (χ0n) is 13.8. The van der Waals surface area contributed by atoms with Gasteiger partial charge in [0.15, 0.2) is 0 Å². The third-order valence-electron chi connectivity index (χ3n) is 3.42. The van der Waals surface area contributed by atoms with Crippen molar-refractivity contribution in [2.75, 3.05) is 0 Å². The highest BCUT2D eigenvalue weighted by Gasteiger charge is 2.15. The van der Waals surface area contributed by atoms with E-state index in [1.165, 1.54) is 18.2 Å². The van der Waals surface area contributed by atoms with Gasteiger partial charge in [0.1, 0.15) is 6.54 Å². The Hall–Kier alpha value is -2.39. The average Bonchev–Trinajstić information content (AvgIpc) is 3.10. The summed E-state index contributed by atoms with van der Waals surface area (Å²) in [4.78, 5) is 25.1. The highest BCUT2D eigenvalue weighted by atomic mass is 35.5. The van der Waals surface area contributed by atoms with Gasteiger partial charge in [0.25, 0.3) is 11.8 Å². The van der Waals surface area contributed by atoms with Crippen LogP contribution in [0, 0.1) is 0 Å². The van der Waals surface area contributed by atoms with Gasteiger partial charge in [-0.3, -0.25) is 20.4 Å². The predicted octanol–water partition coefficient (Wildman–Crippen LogP) is 3.41. The van der Waals surface area contributed by atoms with E-state index in [9.17, 15) is 9.59 Å². The van der Waals surface area contributed by atoms with E-state index in [0.29, 0.717) is 15.6 Å². The van der Waals surface area contributed by atoms with Crippen molar-refractivity contribution in [3.05, 3.63) is 62.1 Å². The van der Waals surface area contributed by atoms with Crippen molar-refractivity contribution in [3.8, 4) is 11.4 Å². The fourth-order valence-electron chi connectivity index (χ4n) is 2.13. The molecule has 0 atom stereocenters. The fraction of sp³-hybridized carbons (Fsp3) is 0.0625. The van der Waals surface area contributed by atoms with E-state index >= 15 is 0 Å². The lowest BCUT2D eigenvalue weighted by molar-refractivity contribution is -0.122. The van der Waals surface area contributed by atoms with Gasteiger partial charge in [0, 0.05) is 10.6 Å². The molecule has 0 bridgehead atoms. The maximum Gasteiger partial charge on any atom is 0.271 e. The van der Waals surface area contributed by atoms with E-state index in [4.69, 9.17) is 46.4 Å². The Morgan fingerprint density at radius 3 is 2.54 bits per heavy atom. The molecule has 0 spiro atoms. The Balaban J connectivity index is 1.60. The molecule has 1 heterocycles. The number of rotatable bonds is 4. The van der Waals surface area contributed by atoms with Crippen LogP contribution in [0.1, 0.15) is 10.4 Å². The molecule has 3 rings (SSSR count). The maximum absolute atomic E-state index is 12.1. The molecule has 0 radical (unpaired) electrons. The number of hydrazine groups is 1. The number of aromatic nitrogens is 4. The summed E-state index contributed by atoms with van der Waals surface area (Å²) in [6.07, 6.45) is 0. The Morgan fingerprint density at radius 1 is 1.00 bits per heavy atom. The van der Waals surface area contributed by atoms with Gasteiger partial charge in [0.05, 0.1) is 20.6 Å². The number of carbonyl (C=O) groups excluding carboxylic acids is 2. The van der Waals surface area contributed by atoms with Gasteiger partial charge in [-0.05, 0) is 35.5 Å². The monoisotopic (exact) mass is 458 g/mol. The first-order chi connectivity index (χ1) is 13.3. The maximum atomic E-state index is 12.1. The van der Waals surface area contributed by atoms with Crippen molar-refractivity contribution in [1.82, 2.24) is 31.1 Å². The lowest BCUT2D eigenvalue weighted by Gasteiger charge is -2.08. The second-order valence-corrected chi connectivity index (χ2v) is 7.00. The Bertz CT molecular complexity index is 1060. The number of benzene rings is 2. The topological polar surface area (TPSA) is 102 Å². The molecule has 0 saturated carbocycles. The van der Waals surface area contributed by atoms with Crippen molar-refractivity contribution in [1.29, 1.82) is 0 Å². The molecule has 0 aliphatic heterocycles. The minimum absolute atomic E-state index is 0.153. The van der Waals surface area contributed by atoms with Crippen molar-refractivity contribution in [2.24, 2.45) is 0 Å². The summed E-state index contributed by atoms with van der Waals surface area (Å²) in [6, 6.07) is 9.35. The molecule has 0 aliphatic carbocycles. The summed E-state index contributed by atoms with van der Waals surface area (Å²) in [6.45, 7) is -0.292. The molecule has 2 N–H and O–H groups in total. The van der Waals surface area contributed by atoms with E-state index < -0.39 is 11.8 Å². The largest absolute Gasteiger partial charge is 0.271 e. The minimum Gasteiger partial charge on any atom is -0.271 e. The number of carbonyl (C=O) groups is 2. The van der Waals surface area contributed by atoms with Crippen LogP contribution in [0.15, 0.2) is 36.4 Å². The highest BCUT2D eigenvalue weighted by molar-refractivity contribution is 6.43. The van der Waals surface area contributed by atoms with Gasteiger partial charge in [-0.2, -0.15) is 4.80 Å². The van der Waals surface area contributed by atoms with E-state index in [1.54, 1.807) is 18.2 Å². The van der Waals surface area contributed by atoms with E-state index in [1.807, 2.05) is 0 Å². The van der Waals surface area contributed by atoms with Crippen molar-refractivity contribution < 1.29 is 9.59 Å². The van der Waals surface area contributed by atoms with Crippen LogP contribution in [0.5, 0.6) is 0 Å². The third-order valence-corrected chi connectivity index (χ3v) is 4.79. The number of hydrogen-bond donors (Lipinski definition) is 2. The molecular weight excluding hydrogens is 450 g/mol. The standard InChI is InChI=1S/C16H10Cl4N6O2/c17-8-4-5-9(12(19)6-8)16(28)23-21-13(27)7-26-24-15(22-25-26)10-2-1-3-11(18)14(10)20/h1-6H,7H2,(H,21,27)(H,23,28). The Kier molecular flexibility index (Phi) is 6.35. The fourth-order valence-corrected chi connectivity index (χ4v) is 3.01. The number of nitrogens with zero attached hydrogens (tertiary/aromatic N) is 4. The van der Waals surface area contributed by atoms with Gasteiger partial charge < -0.3 is 0 Å². The van der Waals surface area contributed by atoms with Gasteiger partial charge in [-0.1, -0.05) is 52.5 Å². The molecule has 2 aromatic carbocycles. The Morgan fingerprint density at radius 2 is 1.79 bits per heavy atom. The third kappa shape index (κ3) is 4.71. The second-order valence-electron chi connectivity index (χ2n) is 5.37. The molecule has 0 unspecified atom stereocenters. The van der Waals surface area contributed by atoms with Crippen molar-refractivity contribution in [2.45, 2.75) is 6.54 Å². The number of amides is 2. The summed E-state index contributed by atoms with van der Waals surface area (Å²) in [5.41, 5.74) is 5.11. The number of halogens is 4. The van der Waals surface area contributed by atoms with Gasteiger partial charge in [-0.25, -0.2) is 0 Å². The summed E-state index contributed by atoms with van der Waals surface area (Å²) >= 11 is 23.8. The quantitative estimate of drug-likeness (QED) is 0.582. The molecule has 12 heteroatoms. The van der Waals surface area contributed by atoms with Crippen LogP contribution in [0.2, 0.25) is 20.1 Å². The zero-order valence-corrected chi connectivity index (χ0v) is 16.8. The molecule has 8 nitrogen and oxygen atoms in total. The molecule has 3 aromatic rings. The van der Waals surface area contributed by atoms with Gasteiger partial charge in [-0.15, -0.1) is 10.2 Å². The zero-order chi connectivity index (χ0) is 20.3. The van der Waals surface area contributed by atoms with Crippen LogP contribution < -0.4 is 10.9 Å². The molecule has 1 aromatic heterocycles. The first-order valence-electron chi connectivity index (χ1n) is 7.61. The first-order valence-corrected chi connectivity index (χ1v) is 9.13. The van der Waals surface area contributed by atoms with E-state index in [0.717, 1.165) is 4.80 Å². The van der Waals surface area contributed by atoms with Gasteiger partial charge >= 0.3 is 0 Å². The van der Waals surface area contributed by atoms with Crippen molar-refractivity contribution in [3.63, 3.8) is 0 Å². The summed E-state index contributed by atoms with van der Waals surface area (Å²) in [7, 11) is 0. The molecular formula is C16H10Cl4N6O2. The summed E-state index contributed by atoms with van der Waals surface area (Å²) in [5.74, 6) is -0.982. The summed E-state index contributed by atoms with van der Waals surface area (Å²) < 4.78 is 0.